The molecule has 0 spiro atoms. The SMILES string of the molecule is Cc1ccc(N(CC(=O)N(Cc2cccc(Br)c2)C(C)C(=O)NC2CCCCC2)S(=O)(=O)c2ccccc2)cc1. The minimum Gasteiger partial charge on any atom is -0.352 e. The van der Waals surface area contributed by atoms with E-state index in [1.54, 1.807) is 37.3 Å². The van der Waals surface area contributed by atoms with E-state index in [0.717, 1.165) is 45.6 Å². The van der Waals surface area contributed by atoms with E-state index in [1.165, 1.54) is 23.5 Å². The lowest BCUT2D eigenvalue weighted by molar-refractivity contribution is -0.139. The third-order valence-electron chi connectivity index (χ3n) is 7.29. The van der Waals surface area contributed by atoms with Crippen molar-refractivity contribution in [3.63, 3.8) is 0 Å². The maximum atomic E-state index is 14.0. The van der Waals surface area contributed by atoms with Crippen molar-refractivity contribution >= 4 is 43.5 Å². The second-order valence-electron chi connectivity index (χ2n) is 10.3. The highest BCUT2D eigenvalue weighted by atomic mass is 79.9. The first kappa shape index (κ1) is 29.8. The Hall–Kier alpha value is -3.17. The lowest BCUT2D eigenvalue weighted by Crippen LogP contribution is -2.53. The number of anilines is 1. The van der Waals surface area contributed by atoms with Crippen LogP contribution in [0.4, 0.5) is 5.69 Å². The van der Waals surface area contributed by atoms with Crippen molar-refractivity contribution < 1.29 is 18.0 Å². The van der Waals surface area contributed by atoms with Crippen LogP contribution in [0.5, 0.6) is 0 Å². The van der Waals surface area contributed by atoms with Crippen molar-refractivity contribution in [2.45, 2.75) is 69.5 Å². The van der Waals surface area contributed by atoms with Gasteiger partial charge in [-0.3, -0.25) is 13.9 Å². The molecule has 7 nitrogen and oxygen atoms in total. The number of rotatable bonds is 10. The highest BCUT2D eigenvalue weighted by Gasteiger charge is 2.33. The molecule has 0 aromatic heterocycles. The Morgan fingerprint density at radius 2 is 1.62 bits per heavy atom. The molecule has 3 aromatic rings. The summed E-state index contributed by atoms with van der Waals surface area (Å²) in [5.41, 5.74) is 2.17. The highest BCUT2D eigenvalue weighted by molar-refractivity contribution is 9.10. The largest absolute Gasteiger partial charge is 0.352 e. The molecule has 4 rings (SSSR count). The zero-order valence-corrected chi connectivity index (χ0v) is 25.3. The third-order valence-corrected chi connectivity index (χ3v) is 9.57. The number of hydrogen-bond donors (Lipinski definition) is 1. The van der Waals surface area contributed by atoms with E-state index in [2.05, 4.69) is 21.2 Å². The summed E-state index contributed by atoms with van der Waals surface area (Å²) < 4.78 is 29.6. The molecule has 0 bridgehead atoms. The van der Waals surface area contributed by atoms with E-state index >= 15 is 0 Å². The first-order valence-corrected chi connectivity index (χ1v) is 15.9. The molecule has 1 saturated carbocycles. The van der Waals surface area contributed by atoms with Crippen molar-refractivity contribution in [2.24, 2.45) is 0 Å². The van der Waals surface area contributed by atoms with Gasteiger partial charge in [0.2, 0.25) is 11.8 Å². The average molecular weight is 627 g/mol. The minimum absolute atomic E-state index is 0.0880. The van der Waals surface area contributed by atoms with E-state index in [-0.39, 0.29) is 23.4 Å². The van der Waals surface area contributed by atoms with Gasteiger partial charge in [-0.05, 0) is 68.7 Å². The lowest BCUT2D eigenvalue weighted by Gasteiger charge is -2.33. The molecule has 0 saturated heterocycles. The summed E-state index contributed by atoms with van der Waals surface area (Å²) >= 11 is 3.48. The molecule has 1 aliphatic rings. The molecule has 1 aliphatic carbocycles. The maximum absolute atomic E-state index is 14.0. The number of sulfonamides is 1. The molecule has 0 aliphatic heterocycles. The highest BCUT2D eigenvalue weighted by Crippen LogP contribution is 2.25. The summed E-state index contributed by atoms with van der Waals surface area (Å²) in [6.45, 7) is 3.33. The molecular weight excluding hydrogens is 590 g/mol. The fourth-order valence-electron chi connectivity index (χ4n) is 4.94. The van der Waals surface area contributed by atoms with Crippen molar-refractivity contribution in [2.75, 3.05) is 10.8 Å². The predicted molar refractivity (Wildman–Crippen MR) is 161 cm³/mol. The van der Waals surface area contributed by atoms with E-state index in [0.29, 0.717) is 5.69 Å². The Kier molecular flexibility index (Phi) is 10.0. The summed E-state index contributed by atoms with van der Waals surface area (Å²) in [6, 6.07) is 21.9. The monoisotopic (exact) mass is 625 g/mol. The fraction of sp³-hybridized carbons (Fsp3) is 0.355. The van der Waals surface area contributed by atoms with Gasteiger partial charge in [0.15, 0.2) is 0 Å². The van der Waals surface area contributed by atoms with Crippen molar-refractivity contribution in [3.8, 4) is 0 Å². The van der Waals surface area contributed by atoms with Crippen LogP contribution in [0.2, 0.25) is 0 Å². The van der Waals surface area contributed by atoms with Crippen LogP contribution in [0, 0.1) is 6.92 Å². The number of aryl methyl sites for hydroxylation is 1. The Labute approximate surface area is 245 Å². The van der Waals surface area contributed by atoms with Crippen LogP contribution >= 0.6 is 15.9 Å². The van der Waals surface area contributed by atoms with Gasteiger partial charge in [-0.1, -0.05) is 83.2 Å². The Morgan fingerprint density at radius 3 is 2.27 bits per heavy atom. The number of hydrogen-bond acceptors (Lipinski definition) is 4. The van der Waals surface area contributed by atoms with Crippen molar-refractivity contribution in [1.29, 1.82) is 0 Å². The summed E-state index contributed by atoms with van der Waals surface area (Å²) in [5.74, 6) is -0.700. The summed E-state index contributed by atoms with van der Waals surface area (Å²) in [6.07, 6.45) is 5.16. The van der Waals surface area contributed by atoms with Gasteiger partial charge in [-0.2, -0.15) is 0 Å². The number of nitrogens with zero attached hydrogens (tertiary/aromatic N) is 2. The van der Waals surface area contributed by atoms with Gasteiger partial charge in [-0.15, -0.1) is 0 Å². The van der Waals surface area contributed by atoms with Crippen LogP contribution in [0.15, 0.2) is 88.2 Å². The number of carbonyl (C=O) groups excluding carboxylic acids is 2. The number of amides is 2. The molecular formula is C31H36BrN3O4S. The molecule has 3 aromatic carbocycles. The van der Waals surface area contributed by atoms with Crippen molar-refractivity contribution in [1.82, 2.24) is 10.2 Å². The summed E-state index contributed by atoms with van der Waals surface area (Å²) in [7, 11) is -4.07. The molecule has 40 heavy (non-hydrogen) atoms. The van der Waals surface area contributed by atoms with Crippen LogP contribution in [0.1, 0.15) is 50.2 Å². The fourth-order valence-corrected chi connectivity index (χ4v) is 6.82. The van der Waals surface area contributed by atoms with Gasteiger partial charge in [0.05, 0.1) is 10.6 Å². The minimum atomic E-state index is -4.07. The van der Waals surface area contributed by atoms with E-state index in [1.807, 2.05) is 43.3 Å². The molecule has 1 fully saturated rings. The first-order chi connectivity index (χ1) is 19.1. The molecule has 0 heterocycles. The molecule has 212 valence electrons. The summed E-state index contributed by atoms with van der Waals surface area (Å²) in [4.78, 5) is 29.0. The molecule has 1 N–H and O–H groups in total. The first-order valence-electron chi connectivity index (χ1n) is 13.6. The number of benzene rings is 3. The standard InChI is InChI=1S/C31H36BrN3O4S/c1-23-16-18-28(19-17-23)35(40(38,39)29-14-7-4-8-15-29)22-30(36)34(21-25-10-9-11-26(32)20-25)24(2)31(37)33-27-12-5-3-6-13-27/h4,7-11,14-20,24,27H,3,5-6,12-13,21-22H2,1-2H3,(H,33,37). The van der Waals surface area contributed by atoms with Crippen LogP contribution < -0.4 is 9.62 Å². The second kappa shape index (κ2) is 13.5. The average Bonchev–Trinajstić information content (AvgIpc) is 2.95. The number of nitrogens with one attached hydrogen (secondary N) is 1. The molecule has 2 amide bonds. The quantitative estimate of drug-likeness (QED) is 0.308. The molecule has 9 heteroatoms. The summed E-state index contributed by atoms with van der Waals surface area (Å²) in [5, 5.41) is 3.12. The smallest absolute Gasteiger partial charge is 0.264 e. The maximum Gasteiger partial charge on any atom is 0.264 e. The zero-order valence-electron chi connectivity index (χ0n) is 22.9. The topological polar surface area (TPSA) is 86.8 Å². The number of carbonyl (C=O) groups is 2. The van der Waals surface area contributed by atoms with Crippen LogP contribution in [-0.2, 0) is 26.2 Å². The normalized spacial score (nSPS) is 14.8. The second-order valence-corrected chi connectivity index (χ2v) is 13.1. The van der Waals surface area contributed by atoms with Crippen LogP contribution in [0.25, 0.3) is 0 Å². The van der Waals surface area contributed by atoms with E-state index < -0.39 is 28.5 Å². The third kappa shape index (κ3) is 7.52. The van der Waals surface area contributed by atoms with Gasteiger partial charge in [-0.25, -0.2) is 8.42 Å². The predicted octanol–water partition coefficient (Wildman–Crippen LogP) is 5.82. The molecule has 0 radical (unpaired) electrons. The Morgan fingerprint density at radius 1 is 0.950 bits per heavy atom. The molecule has 1 atom stereocenters. The van der Waals surface area contributed by atoms with Gasteiger partial charge in [0.25, 0.3) is 10.0 Å². The van der Waals surface area contributed by atoms with Crippen molar-refractivity contribution in [3.05, 3.63) is 94.5 Å². The van der Waals surface area contributed by atoms with Gasteiger partial charge < -0.3 is 10.2 Å². The van der Waals surface area contributed by atoms with Gasteiger partial charge in [0.1, 0.15) is 12.6 Å². The van der Waals surface area contributed by atoms with E-state index in [4.69, 9.17) is 0 Å². The Bertz CT molecular complexity index is 1410. The van der Waals surface area contributed by atoms with E-state index in [9.17, 15) is 18.0 Å². The number of halogens is 1. The zero-order chi connectivity index (χ0) is 28.7. The van der Waals surface area contributed by atoms with Gasteiger partial charge >= 0.3 is 0 Å². The lowest BCUT2D eigenvalue weighted by atomic mass is 9.95. The van der Waals surface area contributed by atoms with Crippen LogP contribution in [0.3, 0.4) is 0 Å². The Balaban J connectivity index is 1.66. The van der Waals surface area contributed by atoms with Crippen LogP contribution in [-0.4, -0.2) is 43.8 Å². The van der Waals surface area contributed by atoms with Gasteiger partial charge in [0, 0.05) is 17.1 Å². The molecule has 1 unspecified atom stereocenters.